The van der Waals surface area contributed by atoms with Gasteiger partial charge in [0.1, 0.15) is 5.82 Å². The Balaban J connectivity index is 1.58. The van der Waals surface area contributed by atoms with Crippen LogP contribution in [0.2, 0.25) is 0 Å². The Hall–Kier alpha value is -3.90. The van der Waals surface area contributed by atoms with E-state index in [-0.39, 0.29) is 35.4 Å². The van der Waals surface area contributed by atoms with Crippen molar-refractivity contribution in [2.24, 2.45) is 11.7 Å². The molecule has 3 heterocycles. The van der Waals surface area contributed by atoms with Gasteiger partial charge in [-0.2, -0.15) is 18.2 Å². The number of aromatic amines is 1. The SMILES string of the molecule is NC(=O)C1CCN(c2nc3c(c(=O)[nH]2)[C@@H](C(=O)Nc2cccc(C(F)(F)F)c2)CC(=O)N3)CC1. The number of benzene rings is 1. The number of rotatable bonds is 4. The lowest BCUT2D eigenvalue weighted by Crippen LogP contribution is -2.41. The first-order chi connectivity index (χ1) is 16.0. The number of carbonyl (C=O) groups is 3. The first-order valence-electron chi connectivity index (χ1n) is 10.5. The zero-order valence-corrected chi connectivity index (χ0v) is 17.7. The molecule has 1 aromatic heterocycles. The van der Waals surface area contributed by atoms with Crippen molar-refractivity contribution in [2.75, 3.05) is 28.6 Å². The Morgan fingerprint density at radius 2 is 1.88 bits per heavy atom. The predicted octanol–water partition coefficient (Wildman–Crippen LogP) is 1.55. The molecule has 13 heteroatoms. The number of carbonyl (C=O) groups excluding carboxylic acids is 3. The highest BCUT2D eigenvalue weighted by Crippen LogP contribution is 2.33. The van der Waals surface area contributed by atoms with Crippen molar-refractivity contribution >= 4 is 35.2 Å². The molecule has 2 aromatic rings. The molecule has 0 aliphatic carbocycles. The maximum absolute atomic E-state index is 13.0. The van der Waals surface area contributed by atoms with E-state index >= 15 is 0 Å². The lowest BCUT2D eigenvalue weighted by molar-refractivity contribution is -0.137. The summed E-state index contributed by atoms with van der Waals surface area (Å²) in [4.78, 5) is 58.0. The molecule has 1 atom stereocenters. The average Bonchev–Trinajstić information content (AvgIpc) is 2.77. The first kappa shape index (κ1) is 23.3. The Morgan fingerprint density at radius 3 is 2.53 bits per heavy atom. The summed E-state index contributed by atoms with van der Waals surface area (Å²) in [6, 6.07) is 4.05. The van der Waals surface area contributed by atoms with Gasteiger partial charge < -0.3 is 21.3 Å². The zero-order valence-electron chi connectivity index (χ0n) is 17.7. The summed E-state index contributed by atoms with van der Waals surface area (Å²) in [5, 5.41) is 4.84. The Morgan fingerprint density at radius 1 is 1.18 bits per heavy atom. The van der Waals surface area contributed by atoms with E-state index in [2.05, 4.69) is 20.6 Å². The highest BCUT2D eigenvalue weighted by molar-refractivity contribution is 6.04. The van der Waals surface area contributed by atoms with Gasteiger partial charge in [-0.15, -0.1) is 0 Å². The number of anilines is 3. The number of piperidine rings is 1. The number of amides is 3. The summed E-state index contributed by atoms with van der Waals surface area (Å²) >= 11 is 0. The van der Waals surface area contributed by atoms with Crippen molar-refractivity contribution < 1.29 is 27.6 Å². The number of alkyl halides is 3. The molecule has 0 bridgehead atoms. The summed E-state index contributed by atoms with van der Waals surface area (Å²) < 4.78 is 38.9. The van der Waals surface area contributed by atoms with Gasteiger partial charge in [0.15, 0.2) is 0 Å². The van der Waals surface area contributed by atoms with Crippen LogP contribution < -0.4 is 26.8 Å². The highest BCUT2D eigenvalue weighted by Gasteiger charge is 2.36. The Bertz CT molecular complexity index is 1200. The number of fused-ring (bicyclic) bond motifs is 1. The molecular formula is C21H21F3N6O4. The minimum atomic E-state index is -4.60. The van der Waals surface area contributed by atoms with E-state index in [9.17, 15) is 32.3 Å². The van der Waals surface area contributed by atoms with Crippen LogP contribution in [0, 0.1) is 5.92 Å². The van der Waals surface area contributed by atoms with Crippen molar-refractivity contribution in [3.63, 3.8) is 0 Å². The quantitative estimate of drug-likeness (QED) is 0.524. The van der Waals surface area contributed by atoms with Gasteiger partial charge >= 0.3 is 6.18 Å². The number of nitrogens with one attached hydrogen (secondary N) is 3. The maximum atomic E-state index is 13.0. The van der Waals surface area contributed by atoms with E-state index in [1.807, 2.05) is 0 Å². The summed E-state index contributed by atoms with van der Waals surface area (Å²) in [6.45, 7) is 0.811. The number of hydrogen-bond donors (Lipinski definition) is 4. The van der Waals surface area contributed by atoms with Gasteiger partial charge in [-0.3, -0.25) is 24.2 Å². The second-order valence-corrected chi connectivity index (χ2v) is 8.19. The number of hydrogen-bond acceptors (Lipinski definition) is 6. The normalized spacial score (nSPS) is 18.7. The topological polar surface area (TPSA) is 150 Å². The molecule has 4 rings (SSSR count). The molecule has 0 saturated carbocycles. The molecule has 1 aromatic carbocycles. The fraction of sp³-hybridized carbons (Fsp3) is 0.381. The number of nitrogens with two attached hydrogens (primary N) is 1. The number of nitrogens with zero attached hydrogens (tertiary/aromatic N) is 2. The van der Waals surface area contributed by atoms with Crippen molar-refractivity contribution in [3.8, 4) is 0 Å². The van der Waals surface area contributed by atoms with Crippen LogP contribution >= 0.6 is 0 Å². The van der Waals surface area contributed by atoms with Crippen LogP contribution in [0.15, 0.2) is 29.1 Å². The van der Waals surface area contributed by atoms with E-state index in [1.165, 1.54) is 6.07 Å². The summed E-state index contributed by atoms with van der Waals surface area (Å²) in [5.74, 6) is -3.20. The van der Waals surface area contributed by atoms with Crippen molar-refractivity contribution in [2.45, 2.75) is 31.4 Å². The fourth-order valence-electron chi connectivity index (χ4n) is 4.11. The van der Waals surface area contributed by atoms with Crippen LogP contribution in [0.25, 0.3) is 0 Å². The average molecular weight is 478 g/mol. The standard InChI is InChI=1S/C21H21F3N6O4/c22-21(23,24)11-2-1-3-12(8-11)26-18(33)13-9-14(31)27-17-15(13)19(34)29-20(28-17)30-6-4-10(5-7-30)16(25)32/h1-3,8,10,13H,4-7,9H2,(H2,25,32)(H,26,33)(H2,27,28,29,31,34)/t13-/m0/s1. The molecule has 5 N–H and O–H groups in total. The molecule has 0 radical (unpaired) electrons. The second-order valence-electron chi connectivity index (χ2n) is 8.19. The van der Waals surface area contributed by atoms with Crippen LogP contribution in [0.4, 0.5) is 30.6 Å². The smallest absolute Gasteiger partial charge is 0.369 e. The monoisotopic (exact) mass is 478 g/mol. The molecule has 10 nitrogen and oxygen atoms in total. The summed E-state index contributed by atoms with van der Waals surface area (Å²) in [5.41, 5.74) is 3.54. The first-order valence-corrected chi connectivity index (χ1v) is 10.5. The van der Waals surface area contributed by atoms with Gasteiger partial charge in [0, 0.05) is 31.1 Å². The molecular weight excluding hydrogens is 457 g/mol. The van der Waals surface area contributed by atoms with Gasteiger partial charge in [0.05, 0.1) is 17.0 Å². The number of aromatic nitrogens is 2. The summed E-state index contributed by atoms with van der Waals surface area (Å²) in [7, 11) is 0. The van der Waals surface area contributed by atoms with E-state index in [0.29, 0.717) is 25.9 Å². The lowest BCUT2D eigenvalue weighted by Gasteiger charge is -2.32. The van der Waals surface area contributed by atoms with Crippen LogP contribution in [0.3, 0.4) is 0 Å². The van der Waals surface area contributed by atoms with Crippen LogP contribution in [0.1, 0.15) is 36.3 Å². The van der Waals surface area contributed by atoms with Gasteiger partial charge in [0.25, 0.3) is 5.56 Å². The third-order valence-electron chi connectivity index (χ3n) is 5.91. The minimum Gasteiger partial charge on any atom is -0.369 e. The third kappa shape index (κ3) is 4.72. The van der Waals surface area contributed by atoms with E-state index in [1.54, 1.807) is 4.90 Å². The molecule has 0 spiro atoms. The largest absolute Gasteiger partial charge is 0.416 e. The molecule has 0 unspecified atom stereocenters. The molecule has 2 aliphatic heterocycles. The number of primary amides is 1. The van der Waals surface area contributed by atoms with Crippen LogP contribution in [-0.4, -0.2) is 40.8 Å². The van der Waals surface area contributed by atoms with Gasteiger partial charge in [-0.25, -0.2) is 0 Å². The lowest BCUT2D eigenvalue weighted by atomic mass is 9.92. The minimum absolute atomic E-state index is 0.0835. The summed E-state index contributed by atoms with van der Waals surface area (Å²) in [6.07, 6.45) is -4.01. The second kappa shape index (κ2) is 8.80. The fourth-order valence-corrected chi connectivity index (χ4v) is 4.11. The van der Waals surface area contributed by atoms with Gasteiger partial charge in [-0.05, 0) is 31.0 Å². The van der Waals surface area contributed by atoms with Crippen molar-refractivity contribution in [1.29, 1.82) is 0 Å². The van der Waals surface area contributed by atoms with Crippen LogP contribution in [-0.2, 0) is 20.6 Å². The third-order valence-corrected chi connectivity index (χ3v) is 5.91. The maximum Gasteiger partial charge on any atom is 0.416 e. The molecule has 2 aliphatic rings. The zero-order chi connectivity index (χ0) is 24.6. The molecule has 3 amide bonds. The predicted molar refractivity (Wildman–Crippen MR) is 115 cm³/mol. The number of H-pyrrole nitrogens is 1. The Labute approximate surface area is 190 Å². The van der Waals surface area contributed by atoms with E-state index in [0.717, 1.165) is 18.2 Å². The highest BCUT2D eigenvalue weighted by atomic mass is 19.4. The number of halogens is 3. The van der Waals surface area contributed by atoms with Crippen molar-refractivity contribution in [1.82, 2.24) is 9.97 Å². The van der Waals surface area contributed by atoms with E-state index < -0.39 is 40.9 Å². The van der Waals surface area contributed by atoms with Gasteiger partial charge in [-0.1, -0.05) is 6.07 Å². The van der Waals surface area contributed by atoms with E-state index in [4.69, 9.17) is 5.73 Å². The van der Waals surface area contributed by atoms with Gasteiger partial charge in [0.2, 0.25) is 23.7 Å². The van der Waals surface area contributed by atoms with Crippen molar-refractivity contribution in [3.05, 3.63) is 45.7 Å². The van der Waals surface area contributed by atoms with Crippen LogP contribution in [0.5, 0.6) is 0 Å². The molecule has 34 heavy (non-hydrogen) atoms. The molecule has 1 saturated heterocycles. The Kier molecular flexibility index (Phi) is 6.02. The molecule has 1 fully saturated rings. The molecule has 180 valence electrons.